The molecule has 0 amide bonds. The zero-order valence-corrected chi connectivity index (χ0v) is 19.0. The number of likely N-dealkylation sites (tertiary alicyclic amines) is 1. The van der Waals surface area contributed by atoms with E-state index >= 15 is 0 Å². The minimum Gasteiger partial charge on any atom is -0.383 e. The number of benzene rings is 1. The number of nitrogens with zero attached hydrogens (tertiary/aromatic N) is 4. The Morgan fingerprint density at radius 2 is 2.00 bits per heavy atom. The average Bonchev–Trinajstić information content (AvgIpc) is 3.03. The molecular formula is C25H34N6O. The van der Waals surface area contributed by atoms with Gasteiger partial charge in [-0.3, -0.25) is 0 Å². The molecule has 7 nitrogen and oxygen atoms in total. The molecule has 0 atom stereocenters. The summed E-state index contributed by atoms with van der Waals surface area (Å²) in [7, 11) is 1.97. The Balaban J connectivity index is 0.000000199. The number of ether oxygens (including phenoxy) is 1. The monoisotopic (exact) mass is 434 g/mol. The van der Waals surface area contributed by atoms with Crippen molar-refractivity contribution in [2.45, 2.75) is 38.3 Å². The van der Waals surface area contributed by atoms with E-state index in [2.05, 4.69) is 50.6 Å². The molecule has 170 valence electrons. The molecule has 3 fully saturated rings. The van der Waals surface area contributed by atoms with E-state index < -0.39 is 0 Å². The van der Waals surface area contributed by atoms with Crippen LogP contribution in [-0.2, 0) is 18.3 Å². The van der Waals surface area contributed by atoms with E-state index in [1.54, 1.807) is 0 Å². The van der Waals surface area contributed by atoms with Gasteiger partial charge in [0.25, 0.3) is 0 Å². The summed E-state index contributed by atoms with van der Waals surface area (Å²) in [5.74, 6) is 1.60. The fraction of sp³-hybridized carbons (Fsp3) is 0.520. The largest absolute Gasteiger partial charge is 0.383 e. The molecule has 1 aromatic carbocycles. The maximum atomic E-state index is 6.08. The van der Waals surface area contributed by atoms with Crippen LogP contribution in [-0.4, -0.2) is 58.3 Å². The van der Waals surface area contributed by atoms with Crippen LogP contribution in [0.2, 0.25) is 0 Å². The predicted molar refractivity (Wildman–Crippen MR) is 128 cm³/mol. The van der Waals surface area contributed by atoms with Crippen LogP contribution < -0.4 is 11.1 Å². The van der Waals surface area contributed by atoms with Gasteiger partial charge in [0.2, 0.25) is 0 Å². The highest BCUT2D eigenvalue weighted by Gasteiger charge is 2.23. The first kappa shape index (κ1) is 21.4. The van der Waals surface area contributed by atoms with Crippen LogP contribution in [0.4, 0.5) is 5.82 Å². The molecule has 1 aliphatic carbocycles. The van der Waals surface area contributed by atoms with E-state index in [0.29, 0.717) is 11.9 Å². The van der Waals surface area contributed by atoms with Crippen molar-refractivity contribution >= 4 is 16.9 Å². The van der Waals surface area contributed by atoms with E-state index in [1.165, 1.54) is 57.2 Å². The number of aromatic nitrogens is 3. The van der Waals surface area contributed by atoms with Gasteiger partial charge in [0.15, 0.2) is 0 Å². The number of nitrogen functional groups attached to an aromatic ring is 1. The van der Waals surface area contributed by atoms with Crippen molar-refractivity contribution in [1.29, 1.82) is 0 Å². The smallest absolute Gasteiger partial charge is 0.145 e. The zero-order chi connectivity index (χ0) is 21.9. The van der Waals surface area contributed by atoms with Crippen molar-refractivity contribution < 1.29 is 4.74 Å². The maximum absolute atomic E-state index is 6.08. The van der Waals surface area contributed by atoms with Gasteiger partial charge < -0.3 is 25.3 Å². The standard InChI is InChI=1S/C17H19N5O.C8H15N/c1-22-7-14(15-16(18)20-10-21-17(15)22)12-4-2-3-11(5-12)6-19-13-8-23-9-13;1-3-8(4-1)7-9-5-2-6-9/h2-5,7,10,13,19H,6,8-9H2,1H3,(H2,18,20,21);8H,1-7H2. The number of rotatable bonds is 6. The van der Waals surface area contributed by atoms with Gasteiger partial charge in [0, 0.05) is 31.9 Å². The number of aryl methyl sites for hydroxylation is 1. The van der Waals surface area contributed by atoms with E-state index in [1.807, 2.05) is 11.6 Å². The highest BCUT2D eigenvalue weighted by atomic mass is 16.5. The highest BCUT2D eigenvalue weighted by Crippen LogP contribution is 2.32. The second kappa shape index (κ2) is 9.57. The Morgan fingerprint density at radius 3 is 2.66 bits per heavy atom. The lowest BCUT2D eigenvalue weighted by atomic mass is 9.84. The van der Waals surface area contributed by atoms with Gasteiger partial charge >= 0.3 is 0 Å². The third-order valence-corrected chi connectivity index (χ3v) is 6.94. The van der Waals surface area contributed by atoms with Crippen molar-refractivity contribution in [2.75, 3.05) is 38.6 Å². The van der Waals surface area contributed by atoms with Crippen molar-refractivity contribution in [3.63, 3.8) is 0 Å². The molecule has 2 aliphatic heterocycles. The number of hydrogen-bond donors (Lipinski definition) is 2. The van der Waals surface area contributed by atoms with Gasteiger partial charge in [-0.05, 0) is 55.5 Å². The number of fused-ring (bicyclic) bond motifs is 1. The Hall–Kier alpha value is -2.48. The van der Waals surface area contributed by atoms with Crippen molar-refractivity contribution in [1.82, 2.24) is 24.8 Å². The lowest BCUT2D eigenvalue weighted by Crippen LogP contribution is -2.45. The summed E-state index contributed by atoms with van der Waals surface area (Å²) in [6, 6.07) is 8.95. The third kappa shape index (κ3) is 4.65. The van der Waals surface area contributed by atoms with Crippen molar-refractivity contribution in [3.05, 3.63) is 42.4 Å². The van der Waals surface area contributed by atoms with Gasteiger partial charge in [-0.1, -0.05) is 24.6 Å². The quantitative estimate of drug-likeness (QED) is 0.620. The Kier molecular flexibility index (Phi) is 6.39. The SMILES string of the molecule is C1CC(CN2CCC2)C1.Cn1cc(-c2cccc(CNC3COC3)c2)c2c(N)ncnc21. The van der Waals surface area contributed by atoms with Crippen LogP contribution in [0.25, 0.3) is 22.2 Å². The molecule has 0 unspecified atom stereocenters. The van der Waals surface area contributed by atoms with Crippen molar-refractivity contribution in [3.8, 4) is 11.1 Å². The van der Waals surface area contributed by atoms with Gasteiger partial charge in [0.05, 0.1) is 24.6 Å². The molecule has 3 aromatic rings. The number of nitrogens with two attached hydrogens (primary N) is 1. The molecule has 32 heavy (non-hydrogen) atoms. The highest BCUT2D eigenvalue weighted by molar-refractivity contribution is 6.00. The van der Waals surface area contributed by atoms with Crippen LogP contribution >= 0.6 is 0 Å². The Labute approximate surface area is 190 Å². The van der Waals surface area contributed by atoms with E-state index in [0.717, 1.165) is 47.8 Å². The molecule has 7 heteroatoms. The molecule has 0 bridgehead atoms. The predicted octanol–water partition coefficient (Wildman–Crippen LogP) is 3.20. The van der Waals surface area contributed by atoms with E-state index in [9.17, 15) is 0 Å². The van der Waals surface area contributed by atoms with Gasteiger partial charge in [-0.2, -0.15) is 0 Å². The summed E-state index contributed by atoms with van der Waals surface area (Å²) < 4.78 is 7.17. The molecule has 0 spiro atoms. The molecule has 0 radical (unpaired) electrons. The van der Waals surface area contributed by atoms with Crippen LogP contribution in [0, 0.1) is 5.92 Å². The van der Waals surface area contributed by atoms with E-state index in [4.69, 9.17) is 10.5 Å². The Morgan fingerprint density at radius 1 is 1.16 bits per heavy atom. The second-order valence-electron chi connectivity index (χ2n) is 9.38. The summed E-state index contributed by atoms with van der Waals surface area (Å²) in [5, 5.41) is 4.40. The van der Waals surface area contributed by atoms with Gasteiger partial charge in [-0.25, -0.2) is 9.97 Å². The first-order valence-corrected chi connectivity index (χ1v) is 11.9. The number of nitrogens with one attached hydrogen (secondary N) is 1. The van der Waals surface area contributed by atoms with Crippen LogP contribution in [0.1, 0.15) is 31.2 Å². The summed E-state index contributed by atoms with van der Waals surface area (Å²) >= 11 is 0. The summed E-state index contributed by atoms with van der Waals surface area (Å²) in [5.41, 5.74) is 10.4. The average molecular weight is 435 g/mol. The molecule has 6 rings (SSSR count). The van der Waals surface area contributed by atoms with Crippen LogP contribution in [0.3, 0.4) is 0 Å². The van der Waals surface area contributed by atoms with Gasteiger partial charge in [0.1, 0.15) is 17.8 Å². The normalized spacial score (nSPS) is 19.0. The molecule has 4 heterocycles. The molecule has 3 N–H and O–H groups in total. The van der Waals surface area contributed by atoms with Crippen molar-refractivity contribution in [2.24, 2.45) is 13.0 Å². The maximum Gasteiger partial charge on any atom is 0.145 e. The van der Waals surface area contributed by atoms with E-state index in [-0.39, 0.29) is 0 Å². The lowest BCUT2D eigenvalue weighted by molar-refractivity contribution is -0.00578. The fourth-order valence-corrected chi connectivity index (χ4v) is 4.52. The lowest BCUT2D eigenvalue weighted by Gasteiger charge is -2.37. The fourth-order valence-electron chi connectivity index (χ4n) is 4.52. The van der Waals surface area contributed by atoms with Crippen LogP contribution in [0.15, 0.2) is 36.8 Å². The van der Waals surface area contributed by atoms with Crippen LogP contribution in [0.5, 0.6) is 0 Å². The summed E-state index contributed by atoms with van der Waals surface area (Å²) in [6.45, 7) is 6.62. The first-order valence-electron chi connectivity index (χ1n) is 11.9. The molecule has 2 aromatic heterocycles. The minimum absolute atomic E-state index is 0.472. The number of anilines is 1. The first-order chi connectivity index (χ1) is 15.7. The third-order valence-electron chi connectivity index (χ3n) is 6.94. The van der Waals surface area contributed by atoms with Gasteiger partial charge in [-0.15, -0.1) is 0 Å². The molecule has 1 saturated carbocycles. The molecule has 3 aliphatic rings. The zero-order valence-electron chi connectivity index (χ0n) is 19.0. The Bertz CT molecular complexity index is 1040. The second-order valence-corrected chi connectivity index (χ2v) is 9.38. The summed E-state index contributed by atoms with van der Waals surface area (Å²) in [6.07, 6.45) is 9.53. The minimum atomic E-state index is 0.472. The molecular weight excluding hydrogens is 400 g/mol. The summed E-state index contributed by atoms with van der Waals surface area (Å²) in [4.78, 5) is 11.1. The molecule has 2 saturated heterocycles. The topological polar surface area (TPSA) is 81.2 Å². The number of hydrogen-bond acceptors (Lipinski definition) is 6.